The van der Waals surface area contributed by atoms with Crippen LogP contribution in [-0.4, -0.2) is 56.3 Å². The second-order valence-corrected chi connectivity index (χ2v) is 15.0. The highest BCUT2D eigenvalue weighted by atomic mass is 32.2. The number of aromatic nitrogens is 1. The van der Waals surface area contributed by atoms with Gasteiger partial charge in [0.05, 0.1) is 17.6 Å². The number of hydrogen-bond acceptors (Lipinski definition) is 5. The number of likely N-dealkylation sites (N-methyl/N-ethyl adjacent to an activating group) is 1. The maximum atomic E-state index is 12.4. The van der Waals surface area contributed by atoms with Crippen molar-refractivity contribution in [2.45, 2.75) is 75.6 Å². The lowest BCUT2D eigenvalue weighted by Gasteiger charge is -2.54. The van der Waals surface area contributed by atoms with E-state index >= 15 is 0 Å². The fraction of sp³-hybridized carbons (Fsp3) is 0.528. The molecule has 0 radical (unpaired) electrons. The van der Waals surface area contributed by atoms with Gasteiger partial charge in [0.1, 0.15) is 5.75 Å². The average molecular weight is 587 g/mol. The maximum Gasteiger partial charge on any atom is 0.115 e. The van der Waals surface area contributed by atoms with E-state index in [1.165, 1.54) is 22.3 Å². The molecule has 2 saturated carbocycles. The van der Waals surface area contributed by atoms with Crippen LogP contribution in [0.4, 0.5) is 0 Å². The van der Waals surface area contributed by atoms with Gasteiger partial charge in [-0.15, -0.1) is 0 Å². The van der Waals surface area contributed by atoms with Crippen LogP contribution in [0.25, 0.3) is 0 Å². The zero-order chi connectivity index (χ0) is 29.3. The molecule has 0 saturated heterocycles. The molecular formula is C36H46N2O3S. The van der Waals surface area contributed by atoms with Crippen molar-refractivity contribution in [3.8, 4) is 5.75 Å². The van der Waals surface area contributed by atoms with E-state index in [0.717, 1.165) is 63.7 Å². The Labute approximate surface area is 253 Å². The number of pyridine rings is 1. The van der Waals surface area contributed by atoms with Crippen molar-refractivity contribution in [1.29, 1.82) is 0 Å². The van der Waals surface area contributed by atoms with Crippen molar-refractivity contribution >= 4 is 10.8 Å². The van der Waals surface area contributed by atoms with E-state index in [2.05, 4.69) is 54.2 Å². The first-order valence-electron chi connectivity index (χ1n) is 15.8. The Balaban J connectivity index is 1.09. The number of phenols is 1. The third-order valence-electron chi connectivity index (χ3n) is 10.8. The molecule has 0 aliphatic heterocycles. The summed E-state index contributed by atoms with van der Waals surface area (Å²) >= 11 is 0. The Morgan fingerprint density at radius 3 is 2.67 bits per heavy atom. The summed E-state index contributed by atoms with van der Waals surface area (Å²) in [6.07, 6.45) is 8.69. The topological polar surface area (TPSA) is 73.7 Å². The number of nitrogens with zero attached hydrogens (tertiary/aromatic N) is 2. The van der Waals surface area contributed by atoms with E-state index in [4.69, 9.17) is 0 Å². The minimum atomic E-state index is -0.875. The molecule has 224 valence electrons. The second kappa shape index (κ2) is 12.6. The van der Waals surface area contributed by atoms with Gasteiger partial charge in [0.2, 0.25) is 0 Å². The van der Waals surface area contributed by atoms with Gasteiger partial charge >= 0.3 is 0 Å². The number of fused-ring (bicyclic) bond motifs is 5. The monoisotopic (exact) mass is 586 g/mol. The number of benzene rings is 2. The first-order valence-corrected chi connectivity index (χ1v) is 17.3. The molecule has 3 aliphatic carbocycles. The summed E-state index contributed by atoms with van der Waals surface area (Å²) in [4.78, 5) is 6.63. The fourth-order valence-electron chi connectivity index (χ4n) is 8.57. The van der Waals surface area contributed by atoms with Gasteiger partial charge in [-0.25, -0.2) is 0 Å². The van der Waals surface area contributed by atoms with Crippen LogP contribution in [0.15, 0.2) is 66.9 Å². The van der Waals surface area contributed by atoms with Crippen LogP contribution in [0.2, 0.25) is 0 Å². The van der Waals surface area contributed by atoms with Crippen molar-refractivity contribution in [1.82, 2.24) is 9.88 Å². The number of hydrogen-bond donors (Lipinski definition) is 2. The summed E-state index contributed by atoms with van der Waals surface area (Å²) in [5, 5.41) is 21.3. The van der Waals surface area contributed by atoms with E-state index in [1.54, 1.807) is 6.20 Å². The highest BCUT2D eigenvalue weighted by Gasteiger charge is 2.57. The summed E-state index contributed by atoms with van der Waals surface area (Å²) in [5.41, 5.74) is 6.33. The predicted octanol–water partition coefficient (Wildman–Crippen LogP) is 6.21. The Kier molecular flexibility index (Phi) is 8.85. The van der Waals surface area contributed by atoms with Crippen LogP contribution in [0, 0.1) is 17.3 Å². The van der Waals surface area contributed by atoms with Crippen molar-refractivity contribution in [2.24, 2.45) is 17.3 Å². The van der Waals surface area contributed by atoms with Crippen LogP contribution < -0.4 is 0 Å². The van der Waals surface area contributed by atoms with Crippen molar-refractivity contribution in [3.63, 3.8) is 0 Å². The van der Waals surface area contributed by atoms with E-state index in [-0.39, 0.29) is 11.5 Å². The maximum absolute atomic E-state index is 12.4. The van der Waals surface area contributed by atoms with Crippen LogP contribution in [-0.2, 0) is 29.4 Å². The third-order valence-corrected chi connectivity index (χ3v) is 12.2. The molecule has 6 rings (SSSR count). The molecule has 0 bridgehead atoms. The van der Waals surface area contributed by atoms with Gasteiger partial charge in [-0.2, -0.15) is 0 Å². The van der Waals surface area contributed by atoms with Gasteiger partial charge in [-0.3, -0.25) is 9.19 Å². The summed E-state index contributed by atoms with van der Waals surface area (Å²) in [5.74, 6) is 3.57. The molecule has 1 heterocycles. The van der Waals surface area contributed by atoms with Gasteiger partial charge < -0.3 is 15.1 Å². The molecular weight excluding hydrogens is 540 g/mol. The first-order chi connectivity index (χ1) is 20.3. The zero-order valence-electron chi connectivity index (χ0n) is 25.1. The van der Waals surface area contributed by atoms with Crippen LogP contribution in [0.3, 0.4) is 0 Å². The Bertz CT molecular complexity index is 1380. The molecule has 7 atom stereocenters. The Morgan fingerprint density at radius 2 is 1.88 bits per heavy atom. The highest BCUT2D eigenvalue weighted by Crippen LogP contribution is 2.65. The van der Waals surface area contributed by atoms with E-state index in [0.29, 0.717) is 40.9 Å². The van der Waals surface area contributed by atoms with Gasteiger partial charge in [-0.1, -0.05) is 43.3 Å². The third kappa shape index (κ3) is 6.09. The number of phenolic OH excluding ortho intramolecular Hbond substituents is 1. The average Bonchev–Trinajstić information content (AvgIpc) is 3.29. The molecule has 3 aliphatic rings. The van der Waals surface area contributed by atoms with Crippen molar-refractivity contribution < 1.29 is 14.4 Å². The molecule has 6 heteroatoms. The first kappa shape index (κ1) is 29.5. The zero-order valence-corrected chi connectivity index (χ0v) is 25.9. The number of aliphatic hydroxyl groups excluding tert-OH is 1. The summed E-state index contributed by atoms with van der Waals surface area (Å²) in [6.45, 7) is 4.26. The van der Waals surface area contributed by atoms with E-state index < -0.39 is 10.8 Å². The van der Waals surface area contributed by atoms with Gasteiger partial charge in [0, 0.05) is 29.3 Å². The number of rotatable bonds is 10. The Hall–Kier alpha value is -2.54. The summed E-state index contributed by atoms with van der Waals surface area (Å²) in [6, 6.07) is 21.1. The number of aliphatic hydroxyl groups is 1. The molecule has 3 aromatic rings. The smallest absolute Gasteiger partial charge is 0.115 e. The van der Waals surface area contributed by atoms with E-state index in [9.17, 15) is 14.4 Å². The Morgan fingerprint density at radius 1 is 1.05 bits per heavy atom. The van der Waals surface area contributed by atoms with Crippen molar-refractivity contribution in [3.05, 3.63) is 94.8 Å². The largest absolute Gasteiger partial charge is 0.508 e. The number of aromatic hydroxyl groups is 1. The molecule has 2 fully saturated rings. The molecule has 2 N–H and O–H groups in total. The van der Waals surface area contributed by atoms with Gasteiger partial charge in [0.25, 0.3) is 0 Å². The SMILES string of the molecule is CN(CCCS(=O)Cc1ccccn1)CCc1ccc([C@H]2C[C@]3(C)[C@@H](O)CC[C@H]3[C@@H]3CCc4cc(O)ccc4[C@H]32)cc1. The lowest BCUT2D eigenvalue weighted by atomic mass is 9.51. The molecule has 0 amide bonds. The van der Waals surface area contributed by atoms with Crippen molar-refractivity contribution in [2.75, 3.05) is 25.9 Å². The minimum absolute atomic E-state index is 0.0249. The van der Waals surface area contributed by atoms with Crippen LogP contribution in [0.5, 0.6) is 5.75 Å². The molecule has 1 aromatic heterocycles. The molecule has 42 heavy (non-hydrogen) atoms. The molecule has 0 spiro atoms. The predicted molar refractivity (Wildman–Crippen MR) is 170 cm³/mol. The lowest BCUT2D eigenvalue weighted by Crippen LogP contribution is -2.47. The van der Waals surface area contributed by atoms with E-state index in [1.807, 2.05) is 30.3 Å². The molecule has 5 nitrogen and oxygen atoms in total. The number of aryl methyl sites for hydroxylation is 1. The summed E-state index contributed by atoms with van der Waals surface area (Å²) < 4.78 is 12.4. The lowest BCUT2D eigenvalue weighted by molar-refractivity contribution is -0.0322. The second-order valence-electron chi connectivity index (χ2n) is 13.4. The van der Waals surface area contributed by atoms with Crippen LogP contribution >= 0.6 is 0 Å². The fourth-order valence-corrected chi connectivity index (χ4v) is 9.67. The standard InChI is InChI=1S/C36H46N2O3S/c1-36-23-32(35-30-14-12-29(39)22-27(30)11-13-31(35)33(36)15-16-34(36)40)26-9-7-25(8-10-26)17-20-38(2)19-5-21-42(41)24-28-6-3-4-18-37-28/h3-4,6-10,12,14,18,22,31-35,39-40H,5,11,13,15-17,19-21,23-24H2,1-2H3/t31-,32+,33-,34-,35+,36-,42?/m0/s1. The summed E-state index contributed by atoms with van der Waals surface area (Å²) in [7, 11) is 1.28. The highest BCUT2D eigenvalue weighted by molar-refractivity contribution is 7.84. The molecule has 1 unspecified atom stereocenters. The van der Waals surface area contributed by atoms with Crippen LogP contribution in [0.1, 0.15) is 78.8 Å². The minimum Gasteiger partial charge on any atom is -0.508 e. The van der Waals surface area contributed by atoms with Gasteiger partial charge in [0.15, 0.2) is 0 Å². The van der Waals surface area contributed by atoms with Gasteiger partial charge in [-0.05, 0) is 134 Å². The molecule has 2 aromatic carbocycles. The quantitative estimate of drug-likeness (QED) is 0.296. The normalized spacial score (nSPS) is 29.1.